The standard InChI is InChI=1S/C26H33FN4O2/c1-30-15-19(22-13-20(27)7-8-24(22)30)17-31-11-9-18(16-31)23-14-21(28-29-23)10-12-33-26-6-4-3-5-25(26)32-2/h3-8,13,15,18,21,23,28-29H,9-12,14,16-17H2,1-2H3. The van der Waals surface area contributed by atoms with Crippen molar-refractivity contribution in [2.75, 3.05) is 26.8 Å². The number of ether oxygens (including phenoxy) is 2. The van der Waals surface area contributed by atoms with E-state index in [1.54, 1.807) is 13.2 Å². The summed E-state index contributed by atoms with van der Waals surface area (Å²) in [5, 5.41) is 1.02. The van der Waals surface area contributed by atoms with Crippen LogP contribution in [0.5, 0.6) is 11.5 Å². The summed E-state index contributed by atoms with van der Waals surface area (Å²) in [4.78, 5) is 2.50. The zero-order valence-corrected chi connectivity index (χ0v) is 19.4. The fraction of sp³-hybridized carbons (Fsp3) is 0.462. The van der Waals surface area contributed by atoms with Crippen molar-refractivity contribution in [1.82, 2.24) is 20.3 Å². The lowest BCUT2D eigenvalue weighted by Crippen LogP contribution is -2.38. The molecule has 3 atom stereocenters. The molecule has 1 aromatic heterocycles. The molecular formula is C26H33FN4O2. The Morgan fingerprint density at radius 3 is 2.82 bits per heavy atom. The minimum absolute atomic E-state index is 0.170. The van der Waals surface area contributed by atoms with E-state index in [1.165, 1.54) is 18.1 Å². The summed E-state index contributed by atoms with van der Waals surface area (Å²) in [5.74, 6) is 2.01. The molecule has 3 unspecified atom stereocenters. The van der Waals surface area contributed by atoms with Crippen molar-refractivity contribution in [3.63, 3.8) is 0 Å². The lowest BCUT2D eigenvalue weighted by molar-refractivity contribution is 0.273. The Kier molecular flexibility index (Phi) is 6.53. The molecule has 33 heavy (non-hydrogen) atoms. The first kappa shape index (κ1) is 22.2. The van der Waals surface area contributed by atoms with Crippen LogP contribution in [-0.2, 0) is 13.6 Å². The van der Waals surface area contributed by atoms with Gasteiger partial charge < -0.3 is 14.0 Å². The van der Waals surface area contributed by atoms with Gasteiger partial charge in [-0.2, -0.15) is 0 Å². The Balaban J connectivity index is 1.11. The average molecular weight is 453 g/mol. The van der Waals surface area contributed by atoms with E-state index in [4.69, 9.17) is 9.47 Å². The first-order valence-electron chi connectivity index (χ1n) is 11.8. The van der Waals surface area contributed by atoms with Crippen molar-refractivity contribution < 1.29 is 13.9 Å². The monoisotopic (exact) mass is 452 g/mol. The van der Waals surface area contributed by atoms with Gasteiger partial charge in [0.05, 0.1) is 13.7 Å². The Labute approximate surface area is 194 Å². The number of hydrazine groups is 1. The van der Waals surface area contributed by atoms with E-state index in [1.807, 2.05) is 37.4 Å². The highest BCUT2D eigenvalue weighted by Gasteiger charge is 2.34. The molecule has 2 N–H and O–H groups in total. The topological polar surface area (TPSA) is 50.7 Å². The number of hydrogen-bond donors (Lipinski definition) is 2. The van der Waals surface area contributed by atoms with Gasteiger partial charge in [0, 0.05) is 49.3 Å². The maximum absolute atomic E-state index is 13.8. The normalized spacial score (nSPS) is 23.4. The smallest absolute Gasteiger partial charge is 0.161 e. The van der Waals surface area contributed by atoms with E-state index in [-0.39, 0.29) is 5.82 Å². The van der Waals surface area contributed by atoms with Crippen LogP contribution in [0.2, 0.25) is 0 Å². The van der Waals surface area contributed by atoms with Gasteiger partial charge in [-0.05, 0) is 67.6 Å². The van der Waals surface area contributed by atoms with Crippen molar-refractivity contribution in [1.29, 1.82) is 0 Å². The molecule has 0 saturated carbocycles. The van der Waals surface area contributed by atoms with Crippen LogP contribution in [0.15, 0.2) is 48.7 Å². The van der Waals surface area contributed by atoms with Crippen molar-refractivity contribution in [3.05, 3.63) is 60.0 Å². The molecule has 6 nitrogen and oxygen atoms in total. The maximum atomic E-state index is 13.8. The maximum Gasteiger partial charge on any atom is 0.161 e. The highest BCUT2D eigenvalue weighted by Crippen LogP contribution is 2.30. The first-order chi connectivity index (χ1) is 16.1. The predicted octanol–water partition coefficient (Wildman–Crippen LogP) is 3.85. The molecule has 0 bridgehead atoms. The lowest BCUT2D eigenvalue weighted by Gasteiger charge is -2.19. The van der Waals surface area contributed by atoms with Gasteiger partial charge in [0.2, 0.25) is 0 Å². The van der Waals surface area contributed by atoms with Crippen molar-refractivity contribution in [3.8, 4) is 11.5 Å². The molecule has 5 rings (SSSR count). The molecule has 0 radical (unpaired) electrons. The molecule has 2 saturated heterocycles. The van der Waals surface area contributed by atoms with Gasteiger partial charge in [0.1, 0.15) is 5.82 Å². The van der Waals surface area contributed by atoms with Crippen LogP contribution >= 0.6 is 0 Å². The fourth-order valence-corrected chi connectivity index (χ4v) is 5.35. The van der Waals surface area contributed by atoms with Gasteiger partial charge in [-0.25, -0.2) is 4.39 Å². The quantitative estimate of drug-likeness (QED) is 0.544. The third-order valence-electron chi connectivity index (χ3n) is 7.11. The van der Waals surface area contributed by atoms with Gasteiger partial charge in [-0.3, -0.25) is 15.8 Å². The molecule has 7 heteroatoms. The van der Waals surface area contributed by atoms with E-state index >= 15 is 0 Å². The lowest BCUT2D eigenvalue weighted by atomic mass is 9.94. The second-order valence-electron chi connectivity index (χ2n) is 9.33. The first-order valence-corrected chi connectivity index (χ1v) is 11.8. The second-order valence-corrected chi connectivity index (χ2v) is 9.33. The zero-order chi connectivity index (χ0) is 22.8. The van der Waals surface area contributed by atoms with Crippen LogP contribution in [0.3, 0.4) is 0 Å². The van der Waals surface area contributed by atoms with E-state index in [9.17, 15) is 4.39 Å². The summed E-state index contributed by atoms with van der Waals surface area (Å²) in [6, 6.07) is 13.7. The summed E-state index contributed by atoms with van der Waals surface area (Å²) >= 11 is 0. The summed E-state index contributed by atoms with van der Waals surface area (Å²) in [6.45, 7) is 3.67. The molecule has 2 aliphatic rings. The number of para-hydroxylation sites is 2. The molecule has 0 aliphatic carbocycles. The number of nitrogens with one attached hydrogen (secondary N) is 2. The molecule has 0 spiro atoms. The van der Waals surface area contributed by atoms with Crippen molar-refractivity contribution in [2.45, 2.75) is 37.9 Å². The number of halogens is 1. The Hall–Kier alpha value is -2.61. The number of aromatic nitrogens is 1. The minimum Gasteiger partial charge on any atom is -0.493 e. The van der Waals surface area contributed by atoms with E-state index in [0.717, 1.165) is 54.9 Å². The van der Waals surface area contributed by atoms with E-state index in [0.29, 0.717) is 24.6 Å². The highest BCUT2D eigenvalue weighted by molar-refractivity contribution is 5.84. The van der Waals surface area contributed by atoms with Crippen LogP contribution in [0.1, 0.15) is 24.8 Å². The fourth-order valence-electron chi connectivity index (χ4n) is 5.35. The Morgan fingerprint density at radius 2 is 1.97 bits per heavy atom. The van der Waals surface area contributed by atoms with Crippen molar-refractivity contribution >= 4 is 10.9 Å². The van der Waals surface area contributed by atoms with Gasteiger partial charge in [-0.1, -0.05) is 12.1 Å². The van der Waals surface area contributed by atoms with Crippen LogP contribution in [0.4, 0.5) is 4.39 Å². The Bertz CT molecular complexity index is 1100. The van der Waals surface area contributed by atoms with Crippen LogP contribution in [-0.4, -0.2) is 48.4 Å². The summed E-state index contributed by atoms with van der Waals surface area (Å²) in [5.41, 5.74) is 9.30. The van der Waals surface area contributed by atoms with E-state index in [2.05, 4.69) is 26.5 Å². The number of methoxy groups -OCH3 is 1. The van der Waals surface area contributed by atoms with Crippen molar-refractivity contribution in [2.24, 2.45) is 13.0 Å². The summed E-state index contributed by atoms with van der Waals surface area (Å²) < 4.78 is 27.2. The summed E-state index contributed by atoms with van der Waals surface area (Å²) in [7, 11) is 3.70. The molecular weight excluding hydrogens is 419 g/mol. The number of rotatable bonds is 8. The number of aryl methyl sites for hydroxylation is 1. The van der Waals surface area contributed by atoms with Gasteiger partial charge >= 0.3 is 0 Å². The number of hydrogen-bond acceptors (Lipinski definition) is 5. The molecule has 2 fully saturated rings. The number of benzene rings is 2. The Morgan fingerprint density at radius 1 is 1.12 bits per heavy atom. The van der Waals surface area contributed by atoms with E-state index < -0.39 is 0 Å². The number of likely N-dealkylation sites (tertiary alicyclic amines) is 1. The SMILES string of the molecule is COc1ccccc1OCCC1CC(C2CCN(Cc3cn(C)c4ccc(F)cc34)C2)NN1. The molecule has 176 valence electrons. The van der Waals surface area contributed by atoms with Crippen LogP contribution in [0, 0.1) is 11.7 Å². The molecule has 2 aliphatic heterocycles. The third kappa shape index (κ3) is 4.86. The van der Waals surface area contributed by atoms with Gasteiger partial charge in [-0.15, -0.1) is 0 Å². The minimum atomic E-state index is -0.170. The summed E-state index contributed by atoms with van der Waals surface area (Å²) in [6.07, 6.45) is 5.38. The third-order valence-corrected chi connectivity index (χ3v) is 7.11. The molecule has 3 heterocycles. The molecule has 3 aromatic rings. The second kappa shape index (κ2) is 9.71. The largest absolute Gasteiger partial charge is 0.493 e. The number of fused-ring (bicyclic) bond motifs is 1. The zero-order valence-electron chi connectivity index (χ0n) is 19.4. The predicted molar refractivity (Wildman–Crippen MR) is 128 cm³/mol. The highest BCUT2D eigenvalue weighted by atomic mass is 19.1. The van der Waals surface area contributed by atoms with Crippen LogP contribution in [0.25, 0.3) is 10.9 Å². The average Bonchev–Trinajstić information content (AvgIpc) is 3.54. The van der Waals surface area contributed by atoms with Crippen LogP contribution < -0.4 is 20.3 Å². The molecule has 2 aromatic carbocycles. The van der Waals surface area contributed by atoms with Gasteiger partial charge in [0.15, 0.2) is 11.5 Å². The number of nitrogens with zero attached hydrogens (tertiary/aromatic N) is 2. The van der Waals surface area contributed by atoms with Gasteiger partial charge in [0.25, 0.3) is 0 Å². The molecule has 0 amide bonds.